The monoisotopic (exact) mass is 169 g/mol. The van der Waals surface area contributed by atoms with Crippen molar-refractivity contribution in [1.29, 1.82) is 0 Å². The molecule has 0 aromatic carbocycles. The van der Waals surface area contributed by atoms with Crippen molar-refractivity contribution in [1.82, 2.24) is 15.0 Å². The maximum Gasteiger partial charge on any atom is 0.0998 e. The molecule has 0 fully saturated rings. The molecule has 4 heteroatoms. The summed E-state index contributed by atoms with van der Waals surface area (Å²) in [6.45, 7) is 4.06. The van der Waals surface area contributed by atoms with Crippen molar-refractivity contribution in [3.8, 4) is 0 Å². The van der Waals surface area contributed by atoms with E-state index in [0.29, 0.717) is 0 Å². The minimum atomic E-state index is -0.449. The molecule has 1 aromatic heterocycles. The Kier molecular flexibility index (Phi) is 2.81. The predicted molar refractivity (Wildman–Crippen MR) is 45.4 cm³/mol. The topological polar surface area (TPSA) is 50.9 Å². The zero-order valence-electron chi connectivity index (χ0n) is 7.73. The first kappa shape index (κ1) is 9.19. The molecule has 0 radical (unpaired) electrons. The number of aliphatic hydroxyl groups is 1. The van der Waals surface area contributed by atoms with E-state index in [-0.39, 0.29) is 5.92 Å². The Hall–Kier alpha value is -0.900. The van der Waals surface area contributed by atoms with Gasteiger partial charge in [-0.1, -0.05) is 25.5 Å². The van der Waals surface area contributed by atoms with E-state index in [1.807, 2.05) is 6.92 Å². The zero-order chi connectivity index (χ0) is 9.14. The van der Waals surface area contributed by atoms with Crippen LogP contribution < -0.4 is 0 Å². The van der Waals surface area contributed by atoms with Gasteiger partial charge in [0.15, 0.2) is 0 Å². The molecular weight excluding hydrogens is 154 g/mol. The van der Waals surface area contributed by atoms with Gasteiger partial charge in [-0.15, -0.1) is 5.10 Å². The molecule has 0 aliphatic heterocycles. The maximum absolute atomic E-state index is 9.76. The van der Waals surface area contributed by atoms with Gasteiger partial charge in [-0.2, -0.15) is 0 Å². The Balaban J connectivity index is 2.77. The quantitative estimate of drug-likeness (QED) is 0.731. The van der Waals surface area contributed by atoms with Gasteiger partial charge in [0.1, 0.15) is 0 Å². The van der Waals surface area contributed by atoms with Crippen LogP contribution >= 0.6 is 0 Å². The summed E-state index contributed by atoms with van der Waals surface area (Å²) in [6.07, 6.45) is 2.11. The van der Waals surface area contributed by atoms with Crippen LogP contribution in [0.3, 0.4) is 0 Å². The lowest BCUT2D eigenvalue weighted by Crippen LogP contribution is -2.12. The van der Waals surface area contributed by atoms with Crippen LogP contribution in [0.15, 0.2) is 6.20 Å². The third-order valence-electron chi connectivity index (χ3n) is 2.24. The van der Waals surface area contributed by atoms with E-state index in [2.05, 4.69) is 17.2 Å². The van der Waals surface area contributed by atoms with Gasteiger partial charge in [0.25, 0.3) is 0 Å². The molecule has 2 atom stereocenters. The first-order valence-corrected chi connectivity index (χ1v) is 4.19. The lowest BCUT2D eigenvalue weighted by molar-refractivity contribution is 0.107. The fraction of sp³-hybridized carbons (Fsp3) is 0.750. The summed E-state index contributed by atoms with van der Waals surface area (Å²) in [5.74, 6) is 0.252. The molecule has 1 rings (SSSR count). The predicted octanol–water partition coefficient (Wildman–Crippen LogP) is 0.895. The standard InChI is InChI=1S/C8H15N3O/c1-4-6(2)8(12)7-5-9-10-11(7)3/h5-6,8,12H,4H2,1-3H3. The van der Waals surface area contributed by atoms with Gasteiger partial charge >= 0.3 is 0 Å². The van der Waals surface area contributed by atoms with Crippen molar-refractivity contribution in [3.05, 3.63) is 11.9 Å². The van der Waals surface area contributed by atoms with Crippen molar-refractivity contribution in [3.63, 3.8) is 0 Å². The first-order valence-electron chi connectivity index (χ1n) is 4.19. The Bertz CT molecular complexity index is 246. The summed E-state index contributed by atoms with van der Waals surface area (Å²) >= 11 is 0. The van der Waals surface area contributed by atoms with E-state index in [1.165, 1.54) is 0 Å². The lowest BCUT2D eigenvalue weighted by Gasteiger charge is -2.15. The molecule has 1 N–H and O–H groups in total. The Labute approximate surface area is 72.2 Å². The van der Waals surface area contributed by atoms with Gasteiger partial charge in [-0.05, 0) is 5.92 Å². The molecular formula is C8H15N3O. The van der Waals surface area contributed by atoms with Gasteiger partial charge in [0, 0.05) is 7.05 Å². The van der Waals surface area contributed by atoms with E-state index >= 15 is 0 Å². The van der Waals surface area contributed by atoms with E-state index in [1.54, 1.807) is 17.9 Å². The van der Waals surface area contributed by atoms with Gasteiger partial charge in [-0.3, -0.25) is 0 Å². The molecule has 0 saturated heterocycles. The molecule has 0 bridgehead atoms. The van der Waals surface area contributed by atoms with Crippen LogP contribution in [0.4, 0.5) is 0 Å². The second kappa shape index (κ2) is 3.67. The van der Waals surface area contributed by atoms with E-state index in [4.69, 9.17) is 0 Å². The Morgan fingerprint density at radius 1 is 1.67 bits per heavy atom. The minimum Gasteiger partial charge on any atom is -0.386 e. The minimum absolute atomic E-state index is 0.252. The van der Waals surface area contributed by atoms with E-state index < -0.39 is 6.10 Å². The highest BCUT2D eigenvalue weighted by molar-refractivity contribution is 4.99. The molecule has 0 aliphatic carbocycles. The van der Waals surface area contributed by atoms with Crippen LogP contribution in [0.2, 0.25) is 0 Å². The summed E-state index contributed by atoms with van der Waals surface area (Å²) in [4.78, 5) is 0. The summed E-state index contributed by atoms with van der Waals surface area (Å²) < 4.78 is 1.61. The van der Waals surface area contributed by atoms with Crippen LogP contribution in [0.5, 0.6) is 0 Å². The first-order chi connectivity index (χ1) is 5.66. The summed E-state index contributed by atoms with van der Waals surface area (Å²) in [7, 11) is 1.79. The SMILES string of the molecule is CCC(C)C(O)c1cnnn1C. The van der Waals surface area contributed by atoms with E-state index in [0.717, 1.165) is 12.1 Å². The number of aryl methyl sites for hydroxylation is 1. The third kappa shape index (κ3) is 1.64. The lowest BCUT2D eigenvalue weighted by atomic mass is 10.00. The highest BCUT2D eigenvalue weighted by Gasteiger charge is 2.17. The molecule has 4 nitrogen and oxygen atoms in total. The normalized spacial score (nSPS) is 16.0. The molecule has 0 amide bonds. The van der Waals surface area contributed by atoms with Crippen LogP contribution in [0.25, 0.3) is 0 Å². The van der Waals surface area contributed by atoms with E-state index in [9.17, 15) is 5.11 Å². The van der Waals surface area contributed by atoms with Crippen molar-refractivity contribution in [2.24, 2.45) is 13.0 Å². The van der Waals surface area contributed by atoms with Crippen LogP contribution in [0, 0.1) is 5.92 Å². The third-order valence-corrected chi connectivity index (χ3v) is 2.24. The number of aliphatic hydroxyl groups excluding tert-OH is 1. The largest absolute Gasteiger partial charge is 0.386 e. The van der Waals surface area contributed by atoms with Crippen molar-refractivity contribution in [2.45, 2.75) is 26.4 Å². The van der Waals surface area contributed by atoms with Crippen molar-refractivity contribution in [2.75, 3.05) is 0 Å². The Morgan fingerprint density at radius 2 is 2.33 bits per heavy atom. The number of hydrogen-bond donors (Lipinski definition) is 1. The molecule has 0 saturated carbocycles. The molecule has 2 unspecified atom stereocenters. The second-order valence-corrected chi connectivity index (χ2v) is 3.11. The summed E-state index contributed by atoms with van der Waals surface area (Å²) in [5.41, 5.74) is 0.782. The van der Waals surface area contributed by atoms with Crippen LogP contribution in [-0.4, -0.2) is 20.1 Å². The number of nitrogens with zero attached hydrogens (tertiary/aromatic N) is 3. The van der Waals surface area contributed by atoms with Crippen LogP contribution in [0.1, 0.15) is 32.1 Å². The molecule has 0 aliphatic rings. The number of hydrogen-bond acceptors (Lipinski definition) is 3. The molecule has 1 aromatic rings. The van der Waals surface area contributed by atoms with Crippen LogP contribution in [-0.2, 0) is 7.05 Å². The highest BCUT2D eigenvalue weighted by Crippen LogP contribution is 2.22. The second-order valence-electron chi connectivity index (χ2n) is 3.11. The number of rotatable bonds is 3. The van der Waals surface area contributed by atoms with Crippen molar-refractivity contribution < 1.29 is 5.11 Å². The zero-order valence-corrected chi connectivity index (χ0v) is 7.73. The van der Waals surface area contributed by atoms with Gasteiger partial charge < -0.3 is 5.11 Å². The Morgan fingerprint density at radius 3 is 2.75 bits per heavy atom. The fourth-order valence-corrected chi connectivity index (χ4v) is 1.08. The summed E-state index contributed by atoms with van der Waals surface area (Å²) in [6, 6.07) is 0. The average Bonchev–Trinajstić information content (AvgIpc) is 2.48. The highest BCUT2D eigenvalue weighted by atomic mass is 16.3. The van der Waals surface area contributed by atoms with Gasteiger partial charge in [0.05, 0.1) is 18.0 Å². The maximum atomic E-state index is 9.76. The molecule has 12 heavy (non-hydrogen) atoms. The smallest absolute Gasteiger partial charge is 0.0998 e. The van der Waals surface area contributed by atoms with Gasteiger partial charge in [-0.25, -0.2) is 4.68 Å². The number of aromatic nitrogens is 3. The van der Waals surface area contributed by atoms with Crippen molar-refractivity contribution >= 4 is 0 Å². The summed E-state index contributed by atoms with van der Waals surface area (Å²) in [5, 5.41) is 17.2. The van der Waals surface area contributed by atoms with Gasteiger partial charge in [0.2, 0.25) is 0 Å². The molecule has 0 spiro atoms. The molecule has 68 valence electrons. The average molecular weight is 169 g/mol. The molecule has 1 heterocycles. The fourth-order valence-electron chi connectivity index (χ4n) is 1.08.